The van der Waals surface area contributed by atoms with Gasteiger partial charge in [0.1, 0.15) is 0 Å². The van der Waals surface area contributed by atoms with E-state index in [4.69, 9.17) is 12.2 Å². The van der Waals surface area contributed by atoms with Gasteiger partial charge < -0.3 is 9.55 Å². The maximum absolute atomic E-state index is 5.58. The molecule has 3 unspecified atom stereocenters. The molecule has 1 aromatic carbocycles. The van der Waals surface area contributed by atoms with Gasteiger partial charge in [-0.3, -0.25) is 0 Å². The van der Waals surface area contributed by atoms with Gasteiger partial charge in [0.2, 0.25) is 0 Å². The number of nitrogens with zero attached hydrogens (tertiary/aromatic N) is 1. The molecular weight excluding hydrogens is 252 g/mol. The van der Waals surface area contributed by atoms with Gasteiger partial charge in [-0.2, -0.15) is 0 Å². The zero-order chi connectivity index (χ0) is 13.6. The van der Waals surface area contributed by atoms with Crippen molar-refractivity contribution in [2.24, 2.45) is 11.8 Å². The Labute approximate surface area is 119 Å². The Morgan fingerprint density at radius 1 is 1.26 bits per heavy atom. The van der Waals surface area contributed by atoms with Crippen LogP contribution in [0.5, 0.6) is 0 Å². The van der Waals surface area contributed by atoms with E-state index in [1.807, 2.05) is 0 Å². The highest BCUT2D eigenvalue weighted by Crippen LogP contribution is 2.38. The molecule has 3 rings (SSSR count). The van der Waals surface area contributed by atoms with E-state index >= 15 is 0 Å². The lowest BCUT2D eigenvalue weighted by Gasteiger charge is -2.33. The SMILES string of the molecule is Cc1cccc2c1[nH]c(=S)n2C1CCC(C)CC1C. The molecule has 3 heteroatoms. The highest BCUT2D eigenvalue weighted by Gasteiger charge is 2.28. The van der Waals surface area contributed by atoms with Crippen molar-refractivity contribution in [1.29, 1.82) is 0 Å². The van der Waals surface area contributed by atoms with Crippen molar-refractivity contribution in [1.82, 2.24) is 9.55 Å². The van der Waals surface area contributed by atoms with Crippen LogP contribution in [0.1, 0.15) is 44.7 Å². The summed E-state index contributed by atoms with van der Waals surface area (Å²) in [6.07, 6.45) is 3.87. The number of aryl methyl sites for hydroxylation is 1. The van der Waals surface area contributed by atoms with Crippen LogP contribution in [0.3, 0.4) is 0 Å². The van der Waals surface area contributed by atoms with E-state index in [0.29, 0.717) is 12.0 Å². The monoisotopic (exact) mass is 274 g/mol. The zero-order valence-corrected chi connectivity index (χ0v) is 12.8. The predicted octanol–water partition coefficient (Wildman–Crippen LogP) is 5.00. The summed E-state index contributed by atoms with van der Waals surface area (Å²) in [7, 11) is 0. The standard InChI is InChI=1S/C16H22N2S/c1-10-7-8-13(12(3)9-10)18-14-6-4-5-11(2)15(14)17-16(18)19/h4-6,10,12-13H,7-9H2,1-3H3,(H,17,19). The van der Waals surface area contributed by atoms with E-state index in [9.17, 15) is 0 Å². The fraction of sp³-hybridized carbons (Fsp3) is 0.562. The molecule has 1 fully saturated rings. The molecule has 2 aromatic rings. The normalized spacial score (nSPS) is 27.8. The molecule has 1 heterocycles. The molecule has 3 atom stereocenters. The highest BCUT2D eigenvalue weighted by molar-refractivity contribution is 7.71. The number of hydrogen-bond donors (Lipinski definition) is 1. The van der Waals surface area contributed by atoms with Gasteiger partial charge in [0, 0.05) is 6.04 Å². The number of aromatic amines is 1. The number of aromatic nitrogens is 2. The number of benzene rings is 1. The molecule has 0 aliphatic heterocycles. The first-order valence-electron chi connectivity index (χ1n) is 7.27. The number of imidazole rings is 1. The van der Waals surface area contributed by atoms with Crippen molar-refractivity contribution in [3.63, 3.8) is 0 Å². The molecule has 1 saturated carbocycles. The quantitative estimate of drug-likeness (QED) is 0.725. The topological polar surface area (TPSA) is 20.7 Å². The lowest BCUT2D eigenvalue weighted by atomic mass is 9.79. The molecule has 0 amide bonds. The Bertz CT molecular complexity index is 652. The summed E-state index contributed by atoms with van der Waals surface area (Å²) in [5.74, 6) is 1.56. The van der Waals surface area contributed by atoms with Crippen LogP contribution in [0, 0.1) is 23.5 Å². The molecule has 0 bridgehead atoms. The van der Waals surface area contributed by atoms with Crippen LogP contribution in [0.25, 0.3) is 11.0 Å². The van der Waals surface area contributed by atoms with Crippen LogP contribution in [0.2, 0.25) is 0 Å². The maximum atomic E-state index is 5.58. The Kier molecular flexibility index (Phi) is 3.25. The van der Waals surface area contributed by atoms with Gasteiger partial charge in [-0.15, -0.1) is 0 Å². The minimum Gasteiger partial charge on any atom is -0.330 e. The van der Waals surface area contributed by atoms with Gasteiger partial charge in [-0.05, 0) is 61.9 Å². The smallest absolute Gasteiger partial charge is 0.178 e. The summed E-state index contributed by atoms with van der Waals surface area (Å²) in [5.41, 5.74) is 3.76. The van der Waals surface area contributed by atoms with Gasteiger partial charge in [0.15, 0.2) is 4.77 Å². The fourth-order valence-electron chi connectivity index (χ4n) is 3.65. The number of nitrogens with one attached hydrogen (secondary N) is 1. The van der Waals surface area contributed by atoms with Crippen molar-refractivity contribution in [3.8, 4) is 0 Å². The second-order valence-corrected chi connectivity index (χ2v) is 6.62. The van der Waals surface area contributed by atoms with Gasteiger partial charge in [0.05, 0.1) is 11.0 Å². The minimum atomic E-state index is 0.555. The first kappa shape index (κ1) is 12.9. The van der Waals surface area contributed by atoms with E-state index in [1.54, 1.807) is 0 Å². The number of fused-ring (bicyclic) bond motifs is 1. The molecule has 1 aromatic heterocycles. The number of para-hydroxylation sites is 1. The summed E-state index contributed by atoms with van der Waals surface area (Å²) in [6.45, 7) is 6.88. The molecule has 0 saturated heterocycles. The third-order valence-corrected chi connectivity index (χ3v) is 4.98. The first-order chi connectivity index (χ1) is 9.08. The molecule has 0 radical (unpaired) electrons. The Morgan fingerprint density at radius 3 is 2.79 bits per heavy atom. The molecule has 19 heavy (non-hydrogen) atoms. The molecule has 0 spiro atoms. The maximum Gasteiger partial charge on any atom is 0.178 e. The average Bonchev–Trinajstić information content (AvgIpc) is 2.68. The van der Waals surface area contributed by atoms with E-state index < -0.39 is 0 Å². The van der Waals surface area contributed by atoms with E-state index in [2.05, 4.69) is 48.5 Å². The van der Waals surface area contributed by atoms with Gasteiger partial charge in [-0.25, -0.2) is 0 Å². The fourth-order valence-corrected chi connectivity index (χ4v) is 3.99. The Morgan fingerprint density at radius 2 is 2.05 bits per heavy atom. The van der Waals surface area contributed by atoms with Gasteiger partial charge in [-0.1, -0.05) is 26.0 Å². The number of hydrogen-bond acceptors (Lipinski definition) is 1. The molecular formula is C16H22N2S. The van der Waals surface area contributed by atoms with Crippen LogP contribution in [-0.2, 0) is 0 Å². The van der Waals surface area contributed by atoms with E-state index in [1.165, 1.54) is 35.9 Å². The third kappa shape index (κ3) is 2.14. The van der Waals surface area contributed by atoms with Crippen molar-refractivity contribution in [2.45, 2.75) is 46.1 Å². The third-order valence-electron chi connectivity index (χ3n) is 4.68. The van der Waals surface area contributed by atoms with Crippen LogP contribution >= 0.6 is 12.2 Å². The summed E-state index contributed by atoms with van der Waals surface area (Å²) in [6, 6.07) is 7.02. The van der Waals surface area contributed by atoms with Gasteiger partial charge in [0.25, 0.3) is 0 Å². The largest absolute Gasteiger partial charge is 0.330 e. The summed E-state index contributed by atoms with van der Waals surface area (Å²) in [4.78, 5) is 3.40. The van der Waals surface area contributed by atoms with Crippen LogP contribution in [0.15, 0.2) is 18.2 Å². The molecule has 1 aliphatic carbocycles. The van der Waals surface area contributed by atoms with Crippen molar-refractivity contribution < 1.29 is 0 Å². The zero-order valence-electron chi connectivity index (χ0n) is 11.9. The lowest BCUT2D eigenvalue weighted by Crippen LogP contribution is -2.24. The Balaban J connectivity index is 2.12. The second-order valence-electron chi connectivity index (χ2n) is 6.23. The number of H-pyrrole nitrogens is 1. The minimum absolute atomic E-state index is 0.555. The molecule has 2 nitrogen and oxygen atoms in total. The second kappa shape index (κ2) is 4.78. The summed E-state index contributed by atoms with van der Waals surface area (Å²) >= 11 is 5.58. The van der Waals surface area contributed by atoms with E-state index in [0.717, 1.165) is 10.7 Å². The highest BCUT2D eigenvalue weighted by atomic mass is 32.1. The van der Waals surface area contributed by atoms with Crippen molar-refractivity contribution in [3.05, 3.63) is 28.5 Å². The average molecular weight is 274 g/mol. The summed E-state index contributed by atoms with van der Waals surface area (Å²) in [5, 5.41) is 0. The number of rotatable bonds is 1. The van der Waals surface area contributed by atoms with Crippen LogP contribution < -0.4 is 0 Å². The van der Waals surface area contributed by atoms with Crippen molar-refractivity contribution >= 4 is 23.3 Å². The predicted molar refractivity (Wildman–Crippen MR) is 83.1 cm³/mol. The molecule has 102 valence electrons. The summed E-state index contributed by atoms with van der Waals surface area (Å²) < 4.78 is 3.25. The molecule has 1 N–H and O–H groups in total. The Hall–Kier alpha value is -1.09. The van der Waals surface area contributed by atoms with E-state index in [-0.39, 0.29) is 0 Å². The van der Waals surface area contributed by atoms with Crippen molar-refractivity contribution in [2.75, 3.05) is 0 Å². The lowest BCUT2D eigenvalue weighted by molar-refractivity contribution is 0.210. The molecule has 1 aliphatic rings. The van der Waals surface area contributed by atoms with Crippen LogP contribution in [-0.4, -0.2) is 9.55 Å². The van der Waals surface area contributed by atoms with Gasteiger partial charge >= 0.3 is 0 Å². The van der Waals surface area contributed by atoms with Crippen LogP contribution in [0.4, 0.5) is 0 Å². The first-order valence-corrected chi connectivity index (χ1v) is 7.68.